The molecule has 2 heterocycles. The topological polar surface area (TPSA) is 91.6 Å². The molecule has 0 bridgehead atoms. The number of aliphatic carboxylic acids is 1. The minimum absolute atomic E-state index is 0.0304. The van der Waals surface area contributed by atoms with Crippen LogP contribution < -0.4 is 10.2 Å². The minimum Gasteiger partial charge on any atom is -0.480 e. The van der Waals surface area contributed by atoms with Crippen molar-refractivity contribution in [3.8, 4) is 0 Å². The van der Waals surface area contributed by atoms with Crippen molar-refractivity contribution in [2.24, 2.45) is 0 Å². The Morgan fingerprint density at radius 1 is 1.16 bits per heavy atom. The average Bonchev–Trinajstić information content (AvgIpc) is 3.16. The number of carboxylic acid groups (broad SMARTS) is 1. The fourth-order valence-corrected chi connectivity index (χ4v) is 4.02. The Morgan fingerprint density at radius 3 is 2.62 bits per heavy atom. The molecule has 1 atom stereocenters. The number of fused-ring (bicyclic) bond motifs is 1. The fourth-order valence-electron chi connectivity index (χ4n) is 3.75. The maximum atomic E-state index is 13.3. The third-order valence-corrected chi connectivity index (χ3v) is 6.03. The smallest absolute Gasteiger partial charge is 0.326 e. The minimum atomic E-state index is -0.930. The zero-order chi connectivity index (χ0) is 23.2. The highest BCUT2D eigenvalue weighted by molar-refractivity contribution is 7.80. The van der Waals surface area contributed by atoms with Crippen molar-refractivity contribution in [3.05, 3.63) is 70.9 Å². The molecule has 3 aromatic rings. The molecule has 162 valence electrons. The highest BCUT2D eigenvalue weighted by Crippen LogP contribution is 2.28. The van der Waals surface area contributed by atoms with Crippen molar-refractivity contribution < 1.29 is 19.5 Å². The predicted molar refractivity (Wildman–Crippen MR) is 126 cm³/mol. The number of amides is 2. The molecule has 1 fully saturated rings. The summed E-state index contributed by atoms with van der Waals surface area (Å²) in [5.41, 5.74) is 3.89. The van der Waals surface area contributed by atoms with E-state index in [0.29, 0.717) is 11.3 Å². The summed E-state index contributed by atoms with van der Waals surface area (Å²) in [4.78, 5) is 38.6. The van der Waals surface area contributed by atoms with E-state index in [1.807, 2.05) is 32.0 Å². The van der Waals surface area contributed by atoms with Crippen LogP contribution in [0.25, 0.3) is 17.0 Å². The van der Waals surface area contributed by atoms with Crippen LogP contribution in [0.3, 0.4) is 0 Å². The first kappa shape index (κ1) is 21.5. The number of nitrogens with zero attached hydrogens (tertiary/aromatic N) is 2. The second-order valence-corrected chi connectivity index (χ2v) is 8.12. The first-order chi connectivity index (χ1) is 15.2. The van der Waals surface area contributed by atoms with E-state index < -0.39 is 23.8 Å². The van der Waals surface area contributed by atoms with Gasteiger partial charge in [-0.1, -0.05) is 18.2 Å². The van der Waals surface area contributed by atoms with Crippen LogP contribution in [0, 0.1) is 13.8 Å². The predicted octanol–water partition coefficient (Wildman–Crippen LogP) is 3.74. The van der Waals surface area contributed by atoms with Crippen LogP contribution in [-0.4, -0.2) is 32.6 Å². The number of benzene rings is 2. The molecule has 1 saturated heterocycles. The number of anilines is 1. The van der Waals surface area contributed by atoms with E-state index in [1.54, 1.807) is 42.0 Å². The van der Waals surface area contributed by atoms with E-state index >= 15 is 0 Å². The van der Waals surface area contributed by atoms with Gasteiger partial charge >= 0.3 is 5.97 Å². The Hall–Kier alpha value is -3.78. The lowest BCUT2D eigenvalue weighted by molar-refractivity contribution is -0.140. The summed E-state index contributed by atoms with van der Waals surface area (Å²) >= 11 is 5.29. The molecule has 7 nitrogen and oxygen atoms in total. The van der Waals surface area contributed by atoms with Gasteiger partial charge in [-0.2, -0.15) is 0 Å². The highest BCUT2D eigenvalue weighted by Gasteiger charge is 2.35. The molecule has 4 rings (SSSR count). The monoisotopic (exact) mass is 447 g/mol. The number of hydrogen-bond donors (Lipinski definition) is 2. The Kier molecular flexibility index (Phi) is 5.40. The van der Waals surface area contributed by atoms with Crippen molar-refractivity contribution in [2.45, 2.75) is 26.8 Å². The number of carboxylic acids is 1. The number of rotatable bonds is 4. The lowest BCUT2D eigenvalue weighted by Crippen LogP contribution is -2.54. The van der Waals surface area contributed by atoms with Crippen LogP contribution >= 0.6 is 12.2 Å². The van der Waals surface area contributed by atoms with Gasteiger partial charge in [-0.3, -0.25) is 19.8 Å². The molecule has 32 heavy (non-hydrogen) atoms. The number of thiocarbonyl (C=S) groups is 1. The van der Waals surface area contributed by atoms with E-state index in [0.717, 1.165) is 22.0 Å². The summed E-state index contributed by atoms with van der Waals surface area (Å²) in [5, 5.41) is 12.7. The second kappa shape index (κ2) is 8.05. The maximum absolute atomic E-state index is 13.3. The van der Waals surface area contributed by atoms with Gasteiger partial charge in [0, 0.05) is 17.1 Å². The Balaban J connectivity index is 1.74. The summed E-state index contributed by atoms with van der Waals surface area (Å²) < 4.78 is 1.66. The van der Waals surface area contributed by atoms with Gasteiger partial charge in [0.2, 0.25) is 0 Å². The molecule has 1 aliphatic heterocycles. The van der Waals surface area contributed by atoms with Gasteiger partial charge < -0.3 is 9.67 Å². The van der Waals surface area contributed by atoms with Gasteiger partial charge in [-0.05, 0) is 80.0 Å². The normalized spacial score (nSPS) is 16.5. The first-order valence-electron chi connectivity index (χ1n) is 10.00. The van der Waals surface area contributed by atoms with Crippen LogP contribution in [0.4, 0.5) is 5.69 Å². The van der Waals surface area contributed by atoms with E-state index in [4.69, 9.17) is 12.2 Å². The third kappa shape index (κ3) is 3.58. The molecule has 0 saturated carbocycles. The van der Waals surface area contributed by atoms with Crippen LogP contribution in [0.15, 0.2) is 54.2 Å². The summed E-state index contributed by atoms with van der Waals surface area (Å²) in [6.07, 6.45) is 3.23. The van der Waals surface area contributed by atoms with Gasteiger partial charge in [0.05, 0.1) is 5.69 Å². The van der Waals surface area contributed by atoms with E-state index in [1.165, 1.54) is 11.0 Å². The van der Waals surface area contributed by atoms with Crippen LogP contribution in [0.2, 0.25) is 0 Å². The van der Waals surface area contributed by atoms with E-state index in [9.17, 15) is 19.5 Å². The second-order valence-electron chi connectivity index (χ2n) is 7.73. The largest absolute Gasteiger partial charge is 0.480 e. The quantitative estimate of drug-likeness (QED) is 0.361. The standard InChI is InChI=1S/C24H21N3O4S/c1-13-5-4-6-19(14(13)2)27-22(29)18(21(28)25-24(27)32)12-16-7-8-20-17(11-16)9-10-26(20)15(3)23(30)31/h4-12,15H,1-3H3,(H,30,31)(H,25,28,32)/b18-12+/t15-/m1/s1. The van der Waals surface area contributed by atoms with Gasteiger partial charge in [-0.15, -0.1) is 0 Å². The van der Waals surface area contributed by atoms with Crippen molar-refractivity contribution in [1.82, 2.24) is 9.88 Å². The van der Waals surface area contributed by atoms with Crippen molar-refractivity contribution in [3.63, 3.8) is 0 Å². The Labute approximate surface area is 189 Å². The molecule has 8 heteroatoms. The molecule has 2 amide bonds. The zero-order valence-corrected chi connectivity index (χ0v) is 18.6. The van der Waals surface area contributed by atoms with Gasteiger partial charge in [0.15, 0.2) is 5.11 Å². The molecular weight excluding hydrogens is 426 g/mol. The SMILES string of the molecule is Cc1cccc(N2C(=O)/C(=C/c3ccc4c(ccn4[C@H](C)C(=O)O)c3)C(=O)NC2=S)c1C. The fraction of sp³-hybridized carbons (Fsp3) is 0.167. The zero-order valence-electron chi connectivity index (χ0n) is 17.7. The van der Waals surface area contributed by atoms with Crippen molar-refractivity contribution >= 4 is 57.8 Å². The average molecular weight is 448 g/mol. The Morgan fingerprint density at radius 2 is 1.91 bits per heavy atom. The summed E-state index contributed by atoms with van der Waals surface area (Å²) in [5.74, 6) is -1.98. The third-order valence-electron chi connectivity index (χ3n) is 5.75. The Bertz CT molecular complexity index is 1340. The maximum Gasteiger partial charge on any atom is 0.326 e. The number of nitrogens with one attached hydrogen (secondary N) is 1. The molecule has 0 radical (unpaired) electrons. The molecule has 0 aliphatic carbocycles. The molecule has 2 N–H and O–H groups in total. The van der Waals surface area contributed by atoms with Gasteiger partial charge in [-0.25, -0.2) is 4.79 Å². The first-order valence-corrected chi connectivity index (χ1v) is 10.4. The number of hydrogen-bond acceptors (Lipinski definition) is 4. The van der Waals surface area contributed by atoms with E-state index in [2.05, 4.69) is 5.32 Å². The summed E-state index contributed by atoms with van der Waals surface area (Å²) in [6.45, 7) is 5.45. The van der Waals surface area contributed by atoms with Crippen LogP contribution in [-0.2, 0) is 14.4 Å². The van der Waals surface area contributed by atoms with E-state index in [-0.39, 0.29) is 10.7 Å². The van der Waals surface area contributed by atoms with Crippen LogP contribution in [0.1, 0.15) is 29.7 Å². The number of aryl methyl sites for hydroxylation is 1. The van der Waals surface area contributed by atoms with Crippen molar-refractivity contribution in [2.75, 3.05) is 4.90 Å². The molecule has 1 aliphatic rings. The van der Waals surface area contributed by atoms with Gasteiger partial charge in [0.1, 0.15) is 11.6 Å². The highest BCUT2D eigenvalue weighted by atomic mass is 32.1. The molecule has 0 unspecified atom stereocenters. The molecule has 2 aromatic carbocycles. The lowest BCUT2D eigenvalue weighted by Gasteiger charge is -2.30. The summed E-state index contributed by atoms with van der Waals surface area (Å²) in [6, 6.07) is 12.0. The summed E-state index contributed by atoms with van der Waals surface area (Å²) in [7, 11) is 0. The number of carbonyl (C=O) groups excluding carboxylic acids is 2. The molecule has 0 spiro atoms. The van der Waals surface area contributed by atoms with Gasteiger partial charge in [0.25, 0.3) is 11.8 Å². The van der Waals surface area contributed by atoms with Crippen molar-refractivity contribution in [1.29, 1.82) is 0 Å². The number of carbonyl (C=O) groups is 3. The number of aromatic nitrogens is 1. The van der Waals surface area contributed by atoms with Crippen LogP contribution in [0.5, 0.6) is 0 Å². The molecular formula is C24H21N3O4S. The lowest BCUT2D eigenvalue weighted by atomic mass is 10.0. The molecule has 1 aromatic heterocycles.